The second-order valence-corrected chi connectivity index (χ2v) is 3.48. The summed E-state index contributed by atoms with van der Waals surface area (Å²) in [5.74, 6) is 0.377. The molecule has 0 atom stereocenters. The number of carbonyl (C=O) groups is 1. The largest absolute Gasteiger partial charge is 0.337 e. The quantitative estimate of drug-likeness (QED) is 0.788. The van der Waals surface area contributed by atoms with E-state index in [0.717, 1.165) is 5.56 Å². The van der Waals surface area contributed by atoms with E-state index in [2.05, 4.69) is 16.7 Å². The molecule has 0 aliphatic carbocycles. The molecule has 16 heavy (non-hydrogen) atoms. The number of urea groups is 1. The van der Waals surface area contributed by atoms with Gasteiger partial charge in [0.1, 0.15) is 0 Å². The third kappa shape index (κ3) is 4.20. The van der Waals surface area contributed by atoms with Gasteiger partial charge in [0, 0.05) is 18.1 Å². The van der Waals surface area contributed by atoms with Gasteiger partial charge in [0.25, 0.3) is 0 Å². The van der Waals surface area contributed by atoms with Crippen LogP contribution < -0.4 is 10.6 Å². The lowest BCUT2D eigenvalue weighted by atomic mass is 10.1. The summed E-state index contributed by atoms with van der Waals surface area (Å²) in [6.07, 6.45) is 0.332. The highest BCUT2D eigenvalue weighted by Gasteiger charge is 2.01. The molecule has 0 aliphatic heterocycles. The third-order valence-electron chi connectivity index (χ3n) is 1.85. The molecule has 0 spiro atoms. The molecule has 0 unspecified atom stereocenters. The molecule has 84 valence electrons. The van der Waals surface area contributed by atoms with Gasteiger partial charge in [0.05, 0.1) is 12.5 Å². The number of hydrogen-bond acceptors (Lipinski definition) is 2. The van der Waals surface area contributed by atoms with Gasteiger partial charge in [-0.25, -0.2) is 4.79 Å². The Bertz CT molecular complexity index is 400. The molecular formula is C11H12ClN3O. The van der Waals surface area contributed by atoms with E-state index in [1.54, 1.807) is 18.2 Å². The number of anilines is 1. The minimum Gasteiger partial charge on any atom is -0.337 e. The molecule has 0 radical (unpaired) electrons. The van der Waals surface area contributed by atoms with Crippen molar-refractivity contribution in [2.24, 2.45) is 0 Å². The Kier molecular flexibility index (Phi) is 5.17. The van der Waals surface area contributed by atoms with Crippen LogP contribution in [0.5, 0.6) is 0 Å². The van der Waals surface area contributed by atoms with Crippen molar-refractivity contribution in [1.82, 2.24) is 5.32 Å². The fourth-order valence-corrected chi connectivity index (χ4v) is 1.28. The van der Waals surface area contributed by atoms with Crippen LogP contribution in [0.25, 0.3) is 0 Å². The van der Waals surface area contributed by atoms with Crippen molar-refractivity contribution >= 4 is 23.3 Å². The number of nitrogens with zero attached hydrogens (tertiary/aromatic N) is 1. The van der Waals surface area contributed by atoms with Gasteiger partial charge in [-0.3, -0.25) is 0 Å². The fraction of sp³-hybridized carbons (Fsp3) is 0.273. The first-order valence-electron chi connectivity index (χ1n) is 4.83. The lowest BCUT2D eigenvalue weighted by Crippen LogP contribution is -2.30. The number of amides is 2. The third-order valence-corrected chi connectivity index (χ3v) is 2.04. The number of benzene rings is 1. The molecule has 0 heterocycles. The van der Waals surface area contributed by atoms with E-state index in [1.165, 1.54) is 0 Å². The van der Waals surface area contributed by atoms with Gasteiger partial charge >= 0.3 is 6.03 Å². The Morgan fingerprint density at radius 3 is 3.00 bits per heavy atom. The van der Waals surface area contributed by atoms with Crippen LogP contribution in [0.2, 0.25) is 0 Å². The van der Waals surface area contributed by atoms with E-state index in [4.69, 9.17) is 16.9 Å². The van der Waals surface area contributed by atoms with Gasteiger partial charge in [0.15, 0.2) is 0 Å². The topological polar surface area (TPSA) is 64.9 Å². The predicted molar refractivity (Wildman–Crippen MR) is 63.5 cm³/mol. The number of nitrogens with one attached hydrogen (secondary N) is 2. The molecule has 5 heteroatoms. The first-order chi connectivity index (χ1) is 7.76. The van der Waals surface area contributed by atoms with E-state index in [0.29, 0.717) is 24.5 Å². The molecule has 1 aromatic carbocycles. The lowest BCUT2D eigenvalue weighted by Gasteiger charge is -2.06. The van der Waals surface area contributed by atoms with Crippen LogP contribution >= 0.6 is 11.6 Å². The van der Waals surface area contributed by atoms with E-state index < -0.39 is 0 Å². The van der Waals surface area contributed by atoms with Gasteiger partial charge in [-0.2, -0.15) is 5.26 Å². The van der Waals surface area contributed by atoms with E-state index in [9.17, 15) is 4.79 Å². The van der Waals surface area contributed by atoms with E-state index in [1.807, 2.05) is 6.07 Å². The maximum Gasteiger partial charge on any atom is 0.319 e. The predicted octanol–water partition coefficient (Wildman–Crippen LogP) is 2.11. The number of halogens is 1. The molecule has 0 fully saturated rings. The number of nitriles is 1. The Morgan fingerprint density at radius 2 is 2.31 bits per heavy atom. The highest BCUT2D eigenvalue weighted by Crippen LogP contribution is 2.10. The summed E-state index contributed by atoms with van der Waals surface area (Å²) in [6.45, 7) is 0.422. The summed E-state index contributed by atoms with van der Waals surface area (Å²) >= 11 is 5.44. The van der Waals surface area contributed by atoms with E-state index in [-0.39, 0.29) is 6.03 Å². The zero-order valence-corrected chi connectivity index (χ0v) is 9.42. The highest BCUT2D eigenvalue weighted by atomic mass is 35.5. The lowest BCUT2D eigenvalue weighted by molar-refractivity contribution is 0.252. The summed E-state index contributed by atoms with van der Waals surface area (Å²) in [6, 6.07) is 8.92. The second-order valence-electron chi connectivity index (χ2n) is 3.11. The van der Waals surface area contributed by atoms with Crippen LogP contribution in [-0.2, 0) is 6.42 Å². The fourth-order valence-electron chi connectivity index (χ4n) is 1.19. The van der Waals surface area contributed by atoms with Crippen molar-refractivity contribution in [2.75, 3.05) is 17.7 Å². The minimum atomic E-state index is -0.297. The number of carbonyl (C=O) groups excluding carboxylic acids is 1. The van der Waals surface area contributed by atoms with Crippen molar-refractivity contribution in [3.8, 4) is 6.07 Å². The monoisotopic (exact) mass is 237 g/mol. The molecular weight excluding hydrogens is 226 g/mol. The molecule has 0 aliphatic rings. The Morgan fingerprint density at radius 1 is 1.50 bits per heavy atom. The zero-order valence-electron chi connectivity index (χ0n) is 8.66. The summed E-state index contributed by atoms with van der Waals surface area (Å²) in [5, 5.41) is 13.8. The van der Waals surface area contributed by atoms with Crippen LogP contribution in [0.4, 0.5) is 10.5 Å². The Balaban J connectivity index is 2.56. The molecule has 1 aromatic rings. The van der Waals surface area contributed by atoms with Crippen molar-refractivity contribution in [3.63, 3.8) is 0 Å². The normalized spacial score (nSPS) is 9.25. The molecule has 0 saturated heterocycles. The molecule has 2 N–H and O–H groups in total. The molecule has 4 nitrogen and oxygen atoms in total. The standard InChI is InChI=1S/C11H12ClN3O/c12-5-7-14-11(16)15-10-3-1-2-9(8-10)4-6-13/h1-3,8H,4-5,7H2,(H2,14,15,16). The van der Waals surface area contributed by atoms with E-state index >= 15 is 0 Å². The maximum atomic E-state index is 11.3. The molecule has 0 saturated carbocycles. The average molecular weight is 238 g/mol. The van der Waals surface area contributed by atoms with Gasteiger partial charge in [-0.15, -0.1) is 11.6 Å². The summed E-state index contributed by atoms with van der Waals surface area (Å²) in [4.78, 5) is 11.3. The summed E-state index contributed by atoms with van der Waals surface area (Å²) in [7, 11) is 0. The summed E-state index contributed by atoms with van der Waals surface area (Å²) < 4.78 is 0. The van der Waals surface area contributed by atoms with Crippen molar-refractivity contribution in [1.29, 1.82) is 5.26 Å². The molecule has 0 aromatic heterocycles. The van der Waals surface area contributed by atoms with Crippen LogP contribution in [0.3, 0.4) is 0 Å². The molecule has 2 amide bonds. The van der Waals surface area contributed by atoms with Gasteiger partial charge in [-0.05, 0) is 17.7 Å². The summed E-state index contributed by atoms with van der Waals surface area (Å²) in [5.41, 5.74) is 1.54. The maximum absolute atomic E-state index is 11.3. The zero-order chi connectivity index (χ0) is 11.8. The van der Waals surface area contributed by atoms with Crippen molar-refractivity contribution in [3.05, 3.63) is 29.8 Å². The smallest absolute Gasteiger partial charge is 0.319 e. The Hall–Kier alpha value is -1.73. The highest BCUT2D eigenvalue weighted by molar-refractivity contribution is 6.18. The second kappa shape index (κ2) is 6.70. The SMILES string of the molecule is N#CCc1cccc(NC(=O)NCCCl)c1. The first-order valence-corrected chi connectivity index (χ1v) is 5.36. The number of alkyl halides is 1. The minimum absolute atomic E-state index is 0.297. The van der Waals surface area contributed by atoms with Crippen LogP contribution in [-0.4, -0.2) is 18.5 Å². The molecule has 0 bridgehead atoms. The average Bonchev–Trinajstić information content (AvgIpc) is 2.27. The molecule has 1 rings (SSSR count). The van der Waals surface area contributed by atoms with Crippen LogP contribution in [0.15, 0.2) is 24.3 Å². The van der Waals surface area contributed by atoms with Crippen LogP contribution in [0.1, 0.15) is 5.56 Å². The van der Waals surface area contributed by atoms with Crippen molar-refractivity contribution in [2.45, 2.75) is 6.42 Å². The Labute approximate surface area is 99.2 Å². The number of hydrogen-bond donors (Lipinski definition) is 2. The van der Waals surface area contributed by atoms with Gasteiger partial charge in [-0.1, -0.05) is 12.1 Å². The van der Waals surface area contributed by atoms with Gasteiger partial charge in [0.2, 0.25) is 0 Å². The first kappa shape index (κ1) is 12.3. The van der Waals surface area contributed by atoms with Gasteiger partial charge < -0.3 is 10.6 Å². The van der Waals surface area contributed by atoms with Crippen LogP contribution in [0, 0.1) is 11.3 Å². The van der Waals surface area contributed by atoms with Crippen molar-refractivity contribution < 1.29 is 4.79 Å². The number of rotatable bonds is 4.